The van der Waals surface area contributed by atoms with Crippen molar-refractivity contribution in [3.05, 3.63) is 86.0 Å². The van der Waals surface area contributed by atoms with Crippen molar-refractivity contribution in [2.24, 2.45) is 0 Å². The van der Waals surface area contributed by atoms with E-state index in [1.54, 1.807) is 12.3 Å². The molecule has 3 heterocycles. The van der Waals surface area contributed by atoms with Gasteiger partial charge in [0, 0.05) is 28.5 Å². The zero-order valence-corrected chi connectivity index (χ0v) is 15.6. The fraction of sp³-hybridized carbons (Fsp3) is 0.105. The van der Waals surface area contributed by atoms with Crippen molar-refractivity contribution in [3.8, 4) is 22.4 Å². The molecule has 3 aromatic heterocycles. The second-order valence-corrected chi connectivity index (χ2v) is 6.70. The molecule has 28 heavy (non-hydrogen) atoms. The number of aromatic nitrogens is 6. The lowest BCUT2D eigenvalue weighted by atomic mass is 10.1. The van der Waals surface area contributed by atoms with Crippen molar-refractivity contribution in [2.45, 2.75) is 13.5 Å². The molecule has 0 atom stereocenters. The lowest BCUT2D eigenvalue weighted by molar-refractivity contribution is 0.687. The van der Waals surface area contributed by atoms with Crippen LogP contribution in [-0.2, 0) is 6.54 Å². The number of hydrogen-bond donors (Lipinski definition) is 2. The Balaban J connectivity index is 1.68. The maximum absolute atomic E-state index is 12.0. The lowest BCUT2D eigenvalue weighted by Crippen LogP contribution is -2.22. The molecule has 0 aliphatic carbocycles. The zero-order valence-electron chi connectivity index (χ0n) is 14.8. The van der Waals surface area contributed by atoms with Crippen molar-refractivity contribution < 1.29 is 0 Å². The van der Waals surface area contributed by atoms with E-state index in [-0.39, 0.29) is 5.56 Å². The third kappa shape index (κ3) is 3.63. The van der Waals surface area contributed by atoms with E-state index in [0.29, 0.717) is 23.0 Å². The van der Waals surface area contributed by atoms with Crippen LogP contribution in [-0.4, -0.2) is 29.9 Å². The summed E-state index contributed by atoms with van der Waals surface area (Å²) in [7, 11) is 0. The highest BCUT2D eigenvalue weighted by atomic mass is 35.5. The van der Waals surface area contributed by atoms with Gasteiger partial charge >= 0.3 is 5.69 Å². The first-order chi connectivity index (χ1) is 13.5. The number of aromatic amines is 2. The summed E-state index contributed by atoms with van der Waals surface area (Å²) in [5, 5.41) is 13.3. The molecule has 140 valence electrons. The highest BCUT2D eigenvalue weighted by Crippen LogP contribution is 2.25. The molecule has 0 bridgehead atoms. The van der Waals surface area contributed by atoms with Gasteiger partial charge in [0.2, 0.25) is 0 Å². The average molecular weight is 395 g/mol. The maximum Gasteiger partial charge on any atom is 0.325 e. The van der Waals surface area contributed by atoms with E-state index in [0.717, 1.165) is 16.7 Å². The molecule has 2 N–H and O–H groups in total. The van der Waals surface area contributed by atoms with Crippen LogP contribution in [0, 0.1) is 6.92 Å². The summed E-state index contributed by atoms with van der Waals surface area (Å²) in [4.78, 5) is 27.9. The van der Waals surface area contributed by atoms with Gasteiger partial charge in [0.15, 0.2) is 0 Å². The smallest absolute Gasteiger partial charge is 0.313 e. The van der Waals surface area contributed by atoms with Gasteiger partial charge in [-0.1, -0.05) is 23.7 Å². The molecule has 1 aromatic carbocycles. The van der Waals surface area contributed by atoms with Gasteiger partial charge in [-0.2, -0.15) is 10.2 Å². The van der Waals surface area contributed by atoms with Crippen molar-refractivity contribution >= 4 is 11.6 Å². The van der Waals surface area contributed by atoms with Crippen LogP contribution in [0.25, 0.3) is 22.4 Å². The summed E-state index contributed by atoms with van der Waals surface area (Å²) in [5.41, 5.74) is 2.94. The second kappa shape index (κ2) is 7.24. The highest BCUT2D eigenvalue weighted by Gasteiger charge is 2.12. The van der Waals surface area contributed by atoms with Gasteiger partial charge in [-0.25, -0.2) is 4.79 Å². The third-order valence-corrected chi connectivity index (χ3v) is 4.53. The van der Waals surface area contributed by atoms with E-state index < -0.39 is 11.2 Å². The molecule has 0 fully saturated rings. The normalized spacial score (nSPS) is 10.9. The van der Waals surface area contributed by atoms with Crippen LogP contribution < -0.4 is 11.2 Å². The number of aryl methyl sites for hydroxylation is 1. The Bertz CT molecular complexity index is 1260. The van der Waals surface area contributed by atoms with Crippen LogP contribution in [0.15, 0.2) is 58.5 Å². The first-order valence-electron chi connectivity index (χ1n) is 8.43. The van der Waals surface area contributed by atoms with Gasteiger partial charge < -0.3 is 4.98 Å². The highest BCUT2D eigenvalue weighted by molar-refractivity contribution is 6.30. The predicted molar refractivity (Wildman–Crippen MR) is 105 cm³/mol. The van der Waals surface area contributed by atoms with Crippen molar-refractivity contribution in [3.63, 3.8) is 0 Å². The van der Waals surface area contributed by atoms with E-state index in [2.05, 4.69) is 25.3 Å². The fourth-order valence-electron chi connectivity index (χ4n) is 2.84. The van der Waals surface area contributed by atoms with Gasteiger partial charge in [-0.3, -0.25) is 14.5 Å². The van der Waals surface area contributed by atoms with Crippen LogP contribution in [0.5, 0.6) is 0 Å². The number of halogens is 1. The molecule has 9 heteroatoms. The molecule has 0 aliphatic rings. The summed E-state index contributed by atoms with van der Waals surface area (Å²) in [6.45, 7) is 2.43. The van der Waals surface area contributed by atoms with Gasteiger partial charge in [-0.05, 0) is 30.7 Å². The monoisotopic (exact) mass is 394 g/mol. The summed E-state index contributed by atoms with van der Waals surface area (Å²) < 4.78 is 1.81. The summed E-state index contributed by atoms with van der Waals surface area (Å²) >= 11 is 5.92. The second-order valence-electron chi connectivity index (χ2n) is 6.27. The first kappa shape index (κ1) is 17.9. The molecular weight excluding hydrogens is 380 g/mol. The first-order valence-corrected chi connectivity index (χ1v) is 8.81. The van der Waals surface area contributed by atoms with Crippen molar-refractivity contribution in [2.75, 3.05) is 0 Å². The minimum atomic E-state index is -0.572. The number of nitrogens with zero attached hydrogens (tertiary/aromatic N) is 4. The molecule has 0 saturated heterocycles. The molecule has 0 unspecified atom stereocenters. The molecule has 0 saturated carbocycles. The Kier molecular flexibility index (Phi) is 4.62. The molecule has 4 rings (SSSR count). The standard InChI is InChI=1S/C19H15ClN6O2/c1-11-15(6-17(25-24-11)16-8-21-19(28)23-18(16)27)13-7-22-26(10-13)9-12-2-4-14(20)5-3-12/h2-8,10H,9H2,1H3,(H2,21,23,27,28). The molecule has 0 radical (unpaired) electrons. The van der Waals surface area contributed by atoms with E-state index >= 15 is 0 Å². The maximum atomic E-state index is 12.0. The largest absolute Gasteiger partial charge is 0.325 e. The SMILES string of the molecule is Cc1nnc(-c2c[nH]c(=O)[nH]c2=O)cc1-c1cnn(Cc2ccc(Cl)cc2)c1. The molecule has 0 spiro atoms. The fourth-order valence-corrected chi connectivity index (χ4v) is 2.97. The Morgan fingerprint density at radius 3 is 2.64 bits per heavy atom. The predicted octanol–water partition coefficient (Wildman–Crippen LogP) is 2.39. The van der Waals surface area contributed by atoms with Gasteiger partial charge in [0.1, 0.15) is 5.69 Å². The van der Waals surface area contributed by atoms with E-state index in [9.17, 15) is 9.59 Å². The molecular formula is C19H15ClN6O2. The average Bonchev–Trinajstić information content (AvgIpc) is 3.13. The zero-order chi connectivity index (χ0) is 19.7. The summed E-state index contributed by atoms with van der Waals surface area (Å²) in [6.07, 6.45) is 4.97. The van der Waals surface area contributed by atoms with Crippen LogP contribution in [0.1, 0.15) is 11.3 Å². The van der Waals surface area contributed by atoms with E-state index in [4.69, 9.17) is 11.6 Å². The Morgan fingerprint density at radius 2 is 1.89 bits per heavy atom. The molecule has 8 nitrogen and oxygen atoms in total. The number of hydrogen-bond acceptors (Lipinski definition) is 5. The quantitative estimate of drug-likeness (QED) is 0.552. The Hall–Kier alpha value is -3.52. The van der Waals surface area contributed by atoms with E-state index in [1.165, 1.54) is 6.20 Å². The Labute approximate surface area is 163 Å². The van der Waals surface area contributed by atoms with Crippen LogP contribution >= 0.6 is 11.6 Å². The lowest BCUT2D eigenvalue weighted by Gasteiger charge is -2.05. The number of benzene rings is 1. The van der Waals surface area contributed by atoms with Crippen LogP contribution in [0.3, 0.4) is 0 Å². The van der Waals surface area contributed by atoms with Crippen molar-refractivity contribution in [1.29, 1.82) is 0 Å². The van der Waals surface area contributed by atoms with Gasteiger partial charge in [-0.15, -0.1) is 5.10 Å². The van der Waals surface area contributed by atoms with Crippen LogP contribution in [0.4, 0.5) is 0 Å². The number of nitrogens with one attached hydrogen (secondary N) is 2. The van der Waals surface area contributed by atoms with E-state index in [1.807, 2.05) is 42.1 Å². The van der Waals surface area contributed by atoms with Crippen LogP contribution in [0.2, 0.25) is 5.02 Å². The molecule has 4 aromatic rings. The Morgan fingerprint density at radius 1 is 1.11 bits per heavy atom. The van der Waals surface area contributed by atoms with Gasteiger partial charge in [0.25, 0.3) is 5.56 Å². The molecule has 0 amide bonds. The number of H-pyrrole nitrogens is 2. The summed E-state index contributed by atoms with van der Waals surface area (Å²) in [5.74, 6) is 0. The van der Waals surface area contributed by atoms with Gasteiger partial charge in [0.05, 0.1) is 24.0 Å². The van der Waals surface area contributed by atoms with Crippen molar-refractivity contribution in [1.82, 2.24) is 29.9 Å². The molecule has 0 aliphatic heterocycles. The summed E-state index contributed by atoms with van der Waals surface area (Å²) in [6, 6.07) is 9.33. The number of rotatable bonds is 4. The third-order valence-electron chi connectivity index (χ3n) is 4.28. The minimum absolute atomic E-state index is 0.238. The topological polar surface area (TPSA) is 109 Å². The minimum Gasteiger partial charge on any atom is -0.313 e.